The summed E-state index contributed by atoms with van der Waals surface area (Å²) in [7, 11) is -2.03. The number of allylic oxidation sites excluding steroid dienone is 1. The summed E-state index contributed by atoms with van der Waals surface area (Å²) in [6, 6.07) is 2.34. The molecule has 0 fully saturated rings. The maximum absolute atomic E-state index is 13.2. The standard InChI is InChI=1S/C22H27N3O3S2/c1-22(2,26)21-24-12-19(29-21)30(27,28)16(11-23)13-25(3)20-17-8-4-6-14(17)10-15-7-5-9-18(15)20/h10-13,23,26H,4-9H2,1-3H3/b16-13+,23-11?. The molecule has 0 aliphatic heterocycles. The molecule has 160 valence electrons. The Hall–Kier alpha value is -2.03. The minimum atomic E-state index is -3.90. The average molecular weight is 446 g/mol. The number of hydrogen-bond donors (Lipinski definition) is 2. The highest BCUT2D eigenvalue weighted by Crippen LogP contribution is 2.41. The van der Waals surface area contributed by atoms with Crippen LogP contribution in [-0.4, -0.2) is 31.8 Å². The van der Waals surface area contributed by atoms with Crippen LogP contribution in [0.5, 0.6) is 0 Å². The molecule has 4 rings (SSSR count). The summed E-state index contributed by atoms with van der Waals surface area (Å²) in [5.74, 6) is 0. The summed E-state index contributed by atoms with van der Waals surface area (Å²) in [6.45, 7) is 3.14. The van der Waals surface area contributed by atoms with Crippen molar-refractivity contribution in [3.8, 4) is 0 Å². The van der Waals surface area contributed by atoms with Crippen LogP contribution in [0.1, 0.15) is 54.0 Å². The second-order valence-electron chi connectivity index (χ2n) is 8.54. The summed E-state index contributed by atoms with van der Waals surface area (Å²) >= 11 is 0.942. The van der Waals surface area contributed by atoms with Gasteiger partial charge in [-0.3, -0.25) is 0 Å². The Kier molecular flexibility index (Phi) is 5.36. The Bertz CT molecular complexity index is 1110. The van der Waals surface area contributed by atoms with Gasteiger partial charge in [0.15, 0.2) is 0 Å². The van der Waals surface area contributed by atoms with E-state index in [4.69, 9.17) is 5.41 Å². The second kappa shape index (κ2) is 7.59. The summed E-state index contributed by atoms with van der Waals surface area (Å²) < 4.78 is 26.4. The Balaban J connectivity index is 1.75. The molecule has 1 heterocycles. The first-order chi connectivity index (χ1) is 14.1. The van der Waals surface area contributed by atoms with Gasteiger partial charge >= 0.3 is 0 Å². The molecule has 2 aromatic rings. The van der Waals surface area contributed by atoms with Crippen molar-refractivity contribution in [1.29, 1.82) is 5.41 Å². The second-order valence-corrected chi connectivity index (χ2v) is 11.7. The zero-order valence-corrected chi connectivity index (χ0v) is 19.2. The summed E-state index contributed by atoms with van der Waals surface area (Å²) in [4.78, 5) is 5.88. The summed E-state index contributed by atoms with van der Waals surface area (Å²) in [5, 5.41) is 18.2. The first kappa shape index (κ1) is 21.2. The van der Waals surface area contributed by atoms with Crippen LogP contribution in [0.4, 0.5) is 5.69 Å². The van der Waals surface area contributed by atoms with Gasteiger partial charge in [0.2, 0.25) is 9.84 Å². The zero-order chi connectivity index (χ0) is 21.7. The molecule has 0 unspecified atom stereocenters. The van der Waals surface area contributed by atoms with Crippen molar-refractivity contribution >= 4 is 33.1 Å². The fourth-order valence-corrected chi connectivity index (χ4v) is 6.93. The fraction of sp³-hybridized carbons (Fsp3) is 0.455. The van der Waals surface area contributed by atoms with Gasteiger partial charge in [0.05, 0.1) is 6.20 Å². The number of aromatic nitrogens is 1. The van der Waals surface area contributed by atoms with Gasteiger partial charge in [-0.25, -0.2) is 13.4 Å². The van der Waals surface area contributed by atoms with E-state index in [1.54, 1.807) is 20.0 Å². The minimum Gasteiger partial charge on any atom is -0.383 e. The van der Waals surface area contributed by atoms with Crippen LogP contribution in [0.15, 0.2) is 27.6 Å². The van der Waals surface area contributed by atoms with Gasteiger partial charge in [0.25, 0.3) is 0 Å². The molecule has 2 aliphatic carbocycles. The molecule has 8 heteroatoms. The van der Waals surface area contributed by atoms with Crippen molar-refractivity contribution in [2.45, 2.75) is 62.2 Å². The number of hydrogen-bond acceptors (Lipinski definition) is 7. The van der Waals surface area contributed by atoms with Crippen LogP contribution >= 0.6 is 11.3 Å². The number of nitrogens with zero attached hydrogens (tertiary/aromatic N) is 2. The third-order valence-electron chi connectivity index (χ3n) is 5.84. The fourth-order valence-electron chi connectivity index (χ4n) is 4.43. The van der Waals surface area contributed by atoms with E-state index in [0.717, 1.165) is 61.8 Å². The van der Waals surface area contributed by atoms with Gasteiger partial charge in [-0.1, -0.05) is 6.07 Å². The topological polar surface area (TPSA) is 94.4 Å². The number of aliphatic hydroxyl groups is 1. The van der Waals surface area contributed by atoms with Crippen molar-refractivity contribution in [2.75, 3.05) is 11.9 Å². The third kappa shape index (κ3) is 3.61. The van der Waals surface area contributed by atoms with Gasteiger partial charge in [0.1, 0.15) is 19.7 Å². The van der Waals surface area contributed by atoms with E-state index in [-0.39, 0.29) is 9.11 Å². The van der Waals surface area contributed by atoms with Crippen LogP contribution in [0, 0.1) is 5.41 Å². The molecule has 0 spiro atoms. The first-order valence-corrected chi connectivity index (χ1v) is 12.5. The number of benzene rings is 1. The van der Waals surface area contributed by atoms with Crippen LogP contribution < -0.4 is 4.90 Å². The lowest BCUT2D eigenvalue weighted by molar-refractivity contribution is 0.0783. The van der Waals surface area contributed by atoms with Crippen LogP contribution in [-0.2, 0) is 41.1 Å². The molecule has 0 radical (unpaired) electrons. The number of sulfone groups is 1. The Morgan fingerprint density at radius 3 is 2.30 bits per heavy atom. The number of anilines is 1. The molecule has 30 heavy (non-hydrogen) atoms. The van der Waals surface area contributed by atoms with Crippen molar-refractivity contribution < 1.29 is 13.5 Å². The minimum absolute atomic E-state index is 0.0336. The monoisotopic (exact) mass is 445 g/mol. The molecule has 0 saturated carbocycles. The largest absolute Gasteiger partial charge is 0.383 e. The maximum atomic E-state index is 13.2. The predicted octanol–water partition coefficient (Wildman–Crippen LogP) is 3.75. The molecular formula is C22H27N3O3S2. The lowest BCUT2D eigenvalue weighted by atomic mass is 9.98. The van der Waals surface area contributed by atoms with Gasteiger partial charge in [0, 0.05) is 25.1 Å². The molecule has 0 amide bonds. The van der Waals surface area contributed by atoms with E-state index in [0.29, 0.717) is 5.01 Å². The smallest absolute Gasteiger partial charge is 0.220 e. The molecule has 2 N–H and O–H groups in total. The predicted molar refractivity (Wildman–Crippen MR) is 120 cm³/mol. The molecule has 2 aliphatic rings. The van der Waals surface area contributed by atoms with E-state index in [1.807, 2.05) is 11.9 Å². The third-order valence-corrected chi connectivity index (χ3v) is 9.33. The number of rotatable bonds is 6. The highest BCUT2D eigenvalue weighted by molar-refractivity contribution is 7.98. The normalized spacial score (nSPS) is 16.5. The van der Waals surface area contributed by atoms with Crippen LogP contribution in [0.2, 0.25) is 0 Å². The van der Waals surface area contributed by atoms with E-state index < -0.39 is 15.4 Å². The lowest BCUT2D eigenvalue weighted by Crippen LogP contribution is -2.17. The molecular weight excluding hydrogens is 418 g/mol. The highest BCUT2D eigenvalue weighted by atomic mass is 32.2. The van der Waals surface area contributed by atoms with Crippen LogP contribution in [0.3, 0.4) is 0 Å². The quantitative estimate of drug-likeness (QED) is 0.661. The molecule has 1 aromatic carbocycles. The molecule has 1 aromatic heterocycles. The molecule has 0 atom stereocenters. The zero-order valence-electron chi connectivity index (χ0n) is 17.5. The highest BCUT2D eigenvalue weighted by Gasteiger charge is 2.29. The molecule has 0 saturated heterocycles. The van der Waals surface area contributed by atoms with Crippen molar-refractivity contribution in [3.63, 3.8) is 0 Å². The Morgan fingerprint density at radius 2 is 1.80 bits per heavy atom. The van der Waals surface area contributed by atoms with Gasteiger partial charge in [-0.15, -0.1) is 11.3 Å². The van der Waals surface area contributed by atoms with Crippen molar-refractivity contribution in [2.24, 2.45) is 0 Å². The maximum Gasteiger partial charge on any atom is 0.220 e. The van der Waals surface area contributed by atoms with E-state index in [1.165, 1.54) is 28.5 Å². The molecule has 6 nitrogen and oxygen atoms in total. The molecule has 0 bridgehead atoms. The van der Waals surface area contributed by atoms with Crippen molar-refractivity contribution in [1.82, 2.24) is 4.98 Å². The Labute approximate surface area is 181 Å². The number of fused-ring (bicyclic) bond motifs is 2. The van der Waals surface area contributed by atoms with Gasteiger partial charge < -0.3 is 15.4 Å². The summed E-state index contributed by atoms with van der Waals surface area (Å²) in [5.41, 5.74) is 5.30. The van der Waals surface area contributed by atoms with E-state index >= 15 is 0 Å². The first-order valence-electron chi connectivity index (χ1n) is 10.2. The van der Waals surface area contributed by atoms with Crippen LogP contribution in [0.25, 0.3) is 0 Å². The Morgan fingerprint density at radius 1 is 1.20 bits per heavy atom. The van der Waals surface area contributed by atoms with E-state index in [2.05, 4.69) is 11.1 Å². The van der Waals surface area contributed by atoms with E-state index in [9.17, 15) is 13.5 Å². The summed E-state index contributed by atoms with van der Waals surface area (Å²) in [6.07, 6.45) is 10.1. The van der Waals surface area contributed by atoms with Gasteiger partial charge in [-0.2, -0.15) is 0 Å². The SMILES string of the molecule is CN(/C=C(\C=N)S(=O)(=O)c1cnc(C(C)(C)O)s1)c1c2c(cc3c1CCC3)CCC2. The lowest BCUT2D eigenvalue weighted by Gasteiger charge is -2.23. The van der Waals surface area contributed by atoms with Crippen molar-refractivity contribution in [3.05, 3.63) is 50.6 Å². The number of nitrogens with one attached hydrogen (secondary N) is 1. The average Bonchev–Trinajstić information content (AvgIpc) is 3.42. The number of aryl methyl sites for hydroxylation is 2. The van der Waals surface area contributed by atoms with Gasteiger partial charge in [-0.05, 0) is 74.6 Å². The number of thiazole rings is 1.